The highest BCUT2D eigenvalue weighted by Gasteiger charge is 2.36. The first-order valence-corrected chi connectivity index (χ1v) is 11.7. The predicted octanol–water partition coefficient (Wildman–Crippen LogP) is 5.66. The van der Waals surface area contributed by atoms with Gasteiger partial charge >= 0.3 is 0 Å². The van der Waals surface area contributed by atoms with Gasteiger partial charge in [-0.15, -0.1) is 0 Å². The number of benzene rings is 2. The molecule has 2 aromatic carbocycles. The first kappa shape index (κ1) is 23.5. The second-order valence-electron chi connectivity index (χ2n) is 8.74. The summed E-state index contributed by atoms with van der Waals surface area (Å²) in [7, 11) is 0. The van der Waals surface area contributed by atoms with E-state index in [1.807, 2.05) is 85.8 Å². The molecule has 1 unspecified atom stereocenters. The van der Waals surface area contributed by atoms with Crippen molar-refractivity contribution in [2.45, 2.75) is 44.6 Å². The molecule has 0 amide bonds. The zero-order valence-electron chi connectivity index (χ0n) is 19.5. The second kappa shape index (κ2) is 11.0. The first-order valence-electron chi connectivity index (χ1n) is 11.7. The van der Waals surface area contributed by atoms with E-state index in [0.29, 0.717) is 18.6 Å². The van der Waals surface area contributed by atoms with Gasteiger partial charge in [-0.3, -0.25) is 14.8 Å². The van der Waals surface area contributed by atoms with E-state index in [1.54, 1.807) is 12.4 Å². The standard InChI is InChI=1S/C15H15NO.C9H8O.C6H7N/c17-15(11-13-6-3-4-10-16-13)9-8-12-5-1-2-7-14(12)15;10-9-6-5-7-3-1-2-4-8(7)9;1-6-4-2-3-5-7-6/h1-7,10,17H,8-9,11H2;1-4H,5-6H2;2-5H,1H3. The molecule has 1 N–H and O–H groups in total. The molecule has 4 heteroatoms. The van der Waals surface area contributed by atoms with Crippen LogP contribution in [0.5, 0.6) is 0 Å². The van der Waals surface area contributed by atoms with Gasteiger partial charge in [0.1, 0.15) is 0 Å². The van der Waals surface area contributed by atoms with Crippen molar-refractivity contribution >= 4 is 5.78 Å². The average molecular weight is 451 g/mol. The lowest BCUT2D eigenvalue weighted by Crippen LogP contribution is -2.25. The van der Waals surface area contributed by atoms with Crippen LogP contribution in [0.1, 0.15) is 51.3 Å². The summed E-state index contributed by atoms with van der Waals surface area (Å²) in [6, 6.07) is 27.7. The zero-order chi connectivity index (χ0) is 23.8. The van der Waals surface area contributed by atoms with Gasteiger partial charge in [-0.2, -0.15) is 0 Å². The Hall–Kier alpha value is -3.63. The van der Waals surface area contributed by atoms with Crippen LogP contribution in [0.2, 0.25) is 0 Å². The molecule has 2 aliphatic carbocycles. The third-order valence-electron chi connectivity index (χ3n) is 6.28. The van der Waals surface area contributed by atoms with Crippen LogP contribution in [0.4, 0.5) is 0 Å². The number of hydrogen-bond donors (Lipinski definition) is 1. The van der Waals surface area contributed by atoms with E-state index in [-0.39, 0.29) is 0 Å². The number of carbonyl (C=O) groups is 1. The fraction of sp³-hybridized carbons (Fsp3) is 0.233. The predicted molar refractivity (Wildman–Crippen MR) is 135 cm³/mol. The number of Topliss-reactive ketones (excluding diaryl/α,β-unsaturated/α-hetero) is 1. The smallest absolute Gasteiger partial charge is 0.163 e. The number of carbonyl (C=O) groups excluding carboxylic acids is 1. The van der Waals surface area contributed by atoms with Crippen molar-refractivity contribution in [3.8, 4) is 0 Å². The summed E-state index contributed by atoms with van der Waals surface area (Å²) >= 11 is 0. The van der Waals surface area contributed by atoms with E-state index in [4.69, 9.17) is 0 Å². The second-order valence-corrected chi connectivity index (χ2v) is 8.74. The van der Waals surface area contributed by atoms with Crippen molar-refractivity contribution in [2.24, 2.45) is 0 Å². The summed E-state index contributed by atoms with van der Waals surface area (Å²) in [5, 5.41) is 10.8. The minimum atomic E-state index is -0.731. The van der Waals surface area contributed by atoms with Gasteiger partial charge in [0.2, 0.25) is 0 Å². The van der Waals surface area contributed by atoms with Crippen molar-refractivity contribution in [1.29, 1.82) is 0 Å². The molecule has 2 aliphatic rings. The van der Waals surface area contributed by atoms with E-state index < -0.39 is 5.60 Å². The molecule has 0 saturated carbocycles. The van der Waals surface area contributed by atoms with Crippen molar-refractivity contribution in [2.75, 3.05) is 0 Å². The number of aromatic nitrogens is 2. The van der Waals surface area contributed by atoms with Gasteiger partial charge in [-0.05, 0) is 67.1 Å². The maximum absolute atomic E-state index is 11.1. The number of aryl methyl sites for hydroxylation is 3. The Morgan fingerprint density at radius 1 is 0.765 bits per heavy atom. The molecule has 172 valence electrons. The highest BCUT2D eigenvalue weighted by atomic mass is 16.3. The number of fused-ring (bicyclic) bond motifs is 2. The van der Waals surface area contributed by atoms with E-state index in [2.05, 4.69) is 16.0 Å². The van der Waals surface area contributed by atoms with Crippen LogP contribution in [-0.2, 0) is 24.9 Å². The maximum Gasteiger partial charge on any atom is 0.163 e. The van der Waals surface area contributed by atoms with E-state index in [1.165, 1.54) is 11.1 Å². The maximum atomic E-state index is 11.1. The summed E-state index contributed by atoms with van der Waals surface area (Å²) in [5.41, 5.74) is 5.78. The Morgan fingerprint density at radius 3 is 2.09 bits per heavy atom. The molecule has 4 nitrogen and oxygen atoms in total. The molecule has 0 spiro atoms. The molecule has 34 heavy (non-hydrogen) atoms. The van der Waals surface area contributed by atoms with Crippen LogP contribution in [0.25, 0.3) is 0 Å². The largest absolute Gasteiger partial charge is 0.385 e. The van der Waals surface area contributed by atoms with Crippen molar-refractivity contribution < 1.29 is 9.90 Å². The number of hydrogen-bond acceptors (Lipinski definition) is 4. The van der Waals surface area contributed by atoms with E-state index in [0.717, 1.165) is 41.8 Å². The normalized spacial score (nSPS) is 17.5. The molecular weight excluding hydrogens is 420 g/mol. The highest BCUT2D eigenvalue weighted by Crippen LogP contribution is 2.38. The summed E-state index contributed by atoms with van der Waals surface area (Å²) in [6.07, 6.45) is 7.57. The average Bonchev–Trinajstić information content (AvgIpc) is 3.41. The van der Waals surface area contributed by atoms with Gasteiger partial charge in [0.25, 0.3) is 0 Å². The highest BCUT2D eigenvalue weighted by molar-refractivity contribution is 6.00. The van der Waals surface area contributed by atoms with Crippen LogP contribution < -0.4 is 0 Å². The Kier molecular flexibility index (Phi) is 7.61. The molecule has 2 aromatic heterocycles. The lowest BCUT2D eigenvalue weighted by Gasteiger charge is -2.23. The Balaban J connectivity index is 0.000000136. The van der Waals surface area contributed by atoms with Gasteiger partial charge < -0.3 is 5.11 Å². The zero-order valence-corrected chi connectivity index (χ0v) is 19.5. The molecule has 0 radical (unpaired) electrons. The van der Waals surface area contributed by atoms with Crippen LogP contribution >= 0.6 is 0 Å². The number of ketones is 1. The summed E-state index contributed by atoms with van der Waals surface area (Å²) in [5.74, 6) is 0.301. The molecule has 1 atom stereocenters. The Morgan fingerprint density at radius 2 is 1.44 bits per heavy atom. The first-order chi connectivity index (χ1) is 16.5. The minimum Gasteiger partial charge on any atom is -0.385 e. The lowest BCUT2D eigenvalue weighted by atomic mass is 9.91. The van der Waals surface area contributed by atoms with Crippen LogP contribution in [0.3, 0.4) is 0 Å². The van der Waals surface area contributed by atoms with Crippen molar-refractivity contribution in [1.82, 2.24) is 9.97 Å². The van der Waals surface area contributed by atoms with Crippen LogP contribution in [-0.4, -0.2) is 20.9 Å². The van der Waals surface area contributed by atoms with Gasteiger partial charge in [-0.1, -0.05) is 60.7 Å². The van der Waals surface area contributed by atoms with E-state index >= 15 is 0 Å². The number of nitrogens with zero attached hydrogens (tertiary/aromatic N) is 2. The molecule has 6 rings (SSSR count). The summed E-state index contributed by atoms with van der Waals surface area (Å²) in [4.78, 5) is 19.3. The van der Waals surface area contributed by atoms with E-state index in [9.17, 15) is 9.90 Å². The number of pyridine rings is 2. The summed E-state index contributed by atoms with van der Waals surface area (Å²) in [6.45, 7) is 1.97. The Bertz CT molecular complexity index is 1220. The molecule has 0 saturated heterocycles. The van der Waals surface area contributed by atoms with Gasteiger partial charge in [0.05, 0.1) is 5.60 Å². The Labute approximate surface area is 201 Å². The van der Waals surface area contributed by atoms with Gasteiger partial charge in [0.15, 0.2) is 5.78 Å². The SMILES string of the molecule is Cc1ccccn1.O=C1CCc2ccccc21.OC1(Cc2ccccn2)CCc2ccccc21. The topological polar surface area (TPSA) is 63.1 Å². The molecule has 2 heterocycles. The molecule has 0 aliphatic heterocycles. The fourth-order valence-corrected chi connectivity index (χ4v) is 4.50. The van der Waals surface area contributed by atoms with Crippen molar-refractivity contribution in [3.05, 3.63) is 131 Å². The third kappa shape index (κ3) is 5.83. The van der Waals surface area contributed by atoms with Crippen LogP contribution in [0, 0.1) is 6.92 Å². The number of rotatable bonds is 2. The fourth-order valence-electron chi connectivity index (χ4n) is 4.50. The number of aliphatic hydroxyl groups is 1. The molecule has 4 aromatic rings. The van der Waals surface area contributed by atoms with Gasteiger partial charge in [0, 0.05) is 42.2 Å². The monoisotopic (exact) mass is 450 g/mol. The molecule has 0 bridgehead atoms. The lowest BCUT2D eigenvalue weighted by molar-refractivity contribution is 0.0380. The summed E-state index contributed by atoms with van der Waals surface area (Å²) < 4.78 is 0. The van der Waals surface area contributed by atoms with Gasteiger partial charge in [-0.25, -0.2) is 0 Å². The van der Waals surface area contributed by atoms with Crippen molar-refractivity contribution in [3.63, 3.8) is 0 Å². The quantitative estimate of drug-likeness (QED) is 0.428. The third-order valence-corrected chi connectivity index (χ3v) is 6.28. The molecule has 0 fully saturated rings. The van der Waals surface area contributed by atoms with Crippen LogP contribution in [0.15, 0.2) is 97.3 Å². The molecular formula is C30H30N2O2. The minimum absolute atomic E-state index is 0.301.